The van der Waals surface area contributed by atoms with Crippen molar-refractivity contribution in [2.45, 2.75) is 32.7 Å². The molecule has 1 aromatic rings. The maximum absolute atomic E-state index is 6.02. The zero-order valence-electron chi connectivity index (χ0n) is 9.98. The van der Waals surface area contributed by atoms with Crippen LogP contribution < -0.4 is 5.32 Å². The van der Waals surface area contributed by atoms with E-state index in [0.29, 0.717) is 18.3 Å². The first-order valence-electron chi connectivity index (χ1n) is 5.70. The number of nitrogens with one attached hydrogen (secondary N) is 2. The number of halogens is 1. The van der Waals surface area contributed by atoms with E-state index in [2.05, 4.69) is 22.2 Å². The van der Waals surface area contributed by atoms with Gasteiger partial charge in [0.15, 0.2) is 5.15 Å². The Labute approximate surface area is 102 Å². The summed E-state index contributed by atoms with van der Waals surface area (Å²) in [6, 6.07) is 0. The SMILES string of the molecule is CCCCc1nc(Cl)c(CNCCOC)[nH]1. The number of aromatic amines is 1. The van der Waals surface area contributed by atoms with Crippen LogP contribution in [0.25, 0.3) is 0 Å². The van der Waals surface area contributed by atoms with Gasteiger partial charge in [0.2, 0.25) is 0 Å². The number of hydrogen-bond acceptors (Lipinski definition) is 3. The first kappa shape index (κ1) is 13.5. The molecule has 1 aromatic heterocycles. The highest BCUT2D eigenvalue weighted by Crippen LogP contribution is 2.13. The smallest absolute Gasteiger partial charge is 0.151 e. The summed E-state index contributed by atoms with van der Waals surface area (Å²) in [5, 5.41) is 3.81. The van der Waals surface area contributed by atoms with Gasteiger partial charge in [-0.3, -0.25) is 0 Å². The molecule has 0 aliphatic carbocycles. The predicted octanol–water partition coefficient (Wildman–Crippen LogP) is 2.14. The van der Waals surface area contributed by atoms with Crippen molar-refractivity contribution < 1.29 is 4.74 Å². The summed E-state index contributed by atoms with van der Waals surface area (Å²) in [6.07, 6.45) is 3.27. The molecule has 0 atom stereocenters. The molecule has 0 fully saturated rings. The van der Waals surface area contributed by atoms with Gasteiger partial charge in [0, 0.05) is 26.6 Å². The monoisotopic (exact) mass is 245 g/mol. The fraction of sp³-hybridized carbons (Fsp3) is 0.727. The molecule has 0 aliphatic rings. The third-order valence-electron chi connectivity index (χ3n) is 2.33. The van der Waals surface area contributed by atoms with Crippen molar-refractivity contribution in [2.24, 2.45) is 0 Å². The van der Waals surface area contributed by atoms with Gasteiger partial charge in [0.05, 0.1) is 12.3 Å². The fourth-order valence-electron chi connectivity index (χ4n) is 1.41. The van der Waals surface area contributed by atoms with Crippen LogP contribution in [-0.2, 0) is 17.7 Å². The second kappa shape index (κ2) is 7.65. The van der Waals surface area contributed by atoms with E-state index >= 15 is 0 Å². The fourth-order valence-corrected chi connectivity index (χ4v) is 1.62. The highest BCUT2D eigenvalue weighted by Gasteiger charge is 2.06. The predicted molar refractivity (Wildman–Crippen MR) is 65.8 cm³/mol. The zero-order valence-corrected chi connectivity index (χ0v) is 10.7. The summed E-state index contributed by atoms with van der Waals surface area (Å²) < 4.78 is 4.95. The molecule has 92 valence electrons. The number of imidazole rings is 1. The van der Waals surface area contributed by atoms with E-state index in [-0.39, 0.29) is 0 Å². The van der Waals surface area contributed by atoms with Crippen molar-refractivity contribution in [1.82, 2.24) is 15.3 Å². The number of aryl methyl sites for hydroxylation is 1. The molecule has 0 unspecified atom stereocenters. The highest BCUT2D eigenvalue weighted by atomic mass is 35.5. The molecular weight excluding hydrogens is 226 g/mol. The Bertz CT molecular complexity index is 301. The van der Waals surface area contributed by atoms with Gasteiger partial charge in [-0.15, -0.1) is 0 Å². The van der Waals surface area contributed by atoms with Gasteiger partial charge in [0.25, 0.3) is 0 Å². The van der Waals surface area contributed by atoms with Gasteiger partial charge in [-0.1, -0.05) is 24.9 Å². The first-order valence-corrected chi connectivity index (χ1v) is 6.08. The number of ether oxygens (including phenoxy) is 1. The van der Waals surface area contributed by atoms with Crippen LogP contribution in [0.15, 0.2) is 0 Å². The number of aromatic nitrogens is 2. The van der Waals surface area contributed by atoms with Gasteiger partial charge >= 0.3 is 0 Å². The molecule has 0 aromatic carbocycles. The Balaban J connectivity index is 2.37. The summed E-state index contributed by atoms with van der Waals surface area (Å²) in [5.41, 5.74) is 0.962. The number of hydrogen-bond donors (Lipinski definition) is 2. The van der Waals surface area contributed by atoms with Crippen LogP contribution in [0.4, 0.5) is 0 Å². The molecule has 0 bridgehead atoms. The Kier molecular flexibility index (Phi) is 6.45. The molecule has 5 heteroatoms. The first-order chi connectivity index (χ1) is 7.77. The quantitative estimate of drug-likeness (QED) is 0.690. The topological polar surface area (TPSA) is 49.9 Å². The third kappa shape index (κ3) is 4.51. The number of methoxy groups -OCH3 is 1. The van der Waals surface area contributed by atoms with Crippen molar-refractivity contribution >= 4 is 11.6 Å². The summed E-state index contributed by atoms with van der Waals surface area (Å²) in [5.74, 6) is 0.982. The summed E-state index contributed by atoms with van der Waals surface area (Å²) in [6.45, 7) is 4.39. The van der Waals surface area contributed by atoms with Crippen LogP contribution >= 0.6 is 11.6 Å². The van der Waals surface area contributed by atoms with Gasteiger partial charge in [0.1, 0.15) is 5.82 Å². The number of unbranched alkanes of at least 4 members (excludes halogenated alkanes) is 1. The van der Waals surface area contributed by atoms with E-state index in [1.54, 1.807) is 7.11 Å². The third-order valence-corrected chi connectivity index (χ3v) is 2.64. The Hall–Kier alpha value is -0.580. The van der Waals surface area contributed by atoms with Crippen LogP contribution in [0.2, 0.25) is 5.15 Å². The van der Waals surface area contributed by atoms with Crippen LogP contribution in [0.5, 0.6) is 0 Å². The van der Waals surface area contributed by atoms with Crippen molar-refractivity contribution in [3.63, 3.8) is 0 Å². The molecule has 0 saturated carbocycles. The summed E-state index contributed by atoms with van der Waals surface area (Å²) in [4.78, 5) is 7.53. The molecule has 1 heterocycles. The molecule has 0 saturated heterocycles. The van der Waals surface area contributed by atoms with Crippen LogP contribution in [-0.4, -0.2) is 30.2 Å². The minimum atomic E-state index is 0.580. The van der Waals surface area contributed by atoms with E-state index < -0.39 is 0 Å². The van der Waals surface area contributed by atoms with E-state index in [0.717, 1.165) is 30.9 Å². The van der Waals surface area contributed by atoms with Crippen LogP contribution in [0, 0.1) is 0 Å². The van der Waals surface area contributed by atoms with Gasteiger partial charge in [-0.2, -0.15) is 0 Å². The number of nitrogens with zero attached hydrogens (tertiary/aromatic N) is 1. The van der Waals surface area contributed by atoms with Gasteiger partial charge in [-0.05, 0) is 6.42 Å². The van der Waals surface area contributed by atoms with Crippen molar-refractivity contribution in [3.05, 3.63) is 16.7 Å². The molecule has 0 aliphatic heterocycles. The molecule has 16 heavy (non-hydrogen) atoms. The van der Waals surface area contributed by atoms with Gasteiger partial charge in [-0.25, -0.2) is 4.98 Å². The molecule has 4 nitrogen and oxygen atoms in total. The minimum absolute atomic E-state index is 0.580. The molecule has 1 rings (SSSR count). The van der Waals surface area contributed by atoms with Crippen LogP contribution in [0.1, 0.15) is 31.3 Å². The molecule has 0 spiro atoms. The largest absolute Gasteiger partial charge is 0.383 e. The lowest BCUT2D eigenvalue weighted by molar-refractivity contribution is 0.199. The minimum Gasteiger partial charge on any atom is -0.383 e. The lowest BCUT2D eigenvalue weighted by Gasteiger charge is -2.01. The van der Waals surface area contributed by atoms with E-state index in [1.807, 2.05) is 0 Å². The van der Waals surface area contributed by atoms with Crippen molar-refractivity contribution in [1.29, 1.82) is 0 Å². The lowest BCUT2D eigenvalue weighted by atomic mass is 10.2. The average molecular weight is 246 g/mol. The zero-order chi connectivity index (χ0) is 11.8. The normalized spacial score (nSPS) is 10.9. The number of H-pyrrole nitrogens is 1. The number of rotatable bonds is 8. The molecule has 2 N–H and O–H groups in total. The van der Waals surface area contributed by atoms with E-state index in [9.17, 15) is 0 Å². The Morgan fingerprint density at radius 2 is 2.31 bits per heavy atom. The second-order valence-corrected chi connectivity index (χ2v) is 4.08. The Morgan fingerprint density at radius 1 is 1.50 bits per heavy atom. The average Bonchev–Trinajstić information content (AvgIpc) is 2.63. The van der Waals surface area contributed by atoms with Crippen molar-refractivity contribution in [2.75, 3.05) is 20.3 Å². The van der Waals surface area contributed by atoms with Crippen molar-refractivity contribution in [3.8, 4) is 0 Å². The molecular formula is C11H20ClN3O. The highest BCUT2D eigenvalue weighted by molar-refractivity contribution is 6.30. The van der Waals surface area contributed by atoms with E-state index in [1.165, 1.54) is 6.42 Å². The van der Waals surface area contributed by atoms with Gasteiger partial charge < -0.3 is 15.0 Å². The molecule has 0 radical (unpaired) electrons. The molecule has 0 amide bonds. The summed E-state index contributed by atoms with van der Waals surface area (Å²) >= 11 is 6.02. The maximum Gasteiger partial charge on any atom is 0.151 e. The standard InChI is InChI=1S/C11H20ClN3O/c1-3-4-5-10-14-9(11(12)15-10)8-13-6-7-16-2/h13H,3-8H2,1-2H3,(H,14,15). The summed E-state index contributed by atoms with van der Waals surface area (Å²) in [7, 11) is 1.69. The second-order valence-electron chi connectivity index (χ2n) is 3.73. The van der Waals surface area contributed by atoms with E-state index in [4.69, 9.17) is 16.3 Å². The Morgan fingerprint density at radius 3 is 3.00 bits per heavy atom. The maximum atomic E-state index is 6.02. The van der Waals surface area contributed by atoms with Crippen LogP contribution in [0.3, 0.4) is 0 Å². The lowest BCUT2D eigenvalue weighted by Crippen LogP contribution is -2.18.